The molecular weight excluding hydrogens is 266 g/mol. The summed E-state index contributed by atoms with van der Waals surface area (Å²) in [6.07, 6.45) is 3.72. The van der Waals surface area contributed by atoms with Gasteiger partial charge in [-0.2, -0.15) is 0 Å². The summed E-state index contributed by atoms with van der Waals surface area (Å²) >= 11 is 0. The average molecular weight is 285 g/mol. The first-order chi connectivity index (χ1) is 10.1. The Morgan fingerprint density at radius 3 is 3.00 bits per heavy atom. The van der Waals surface area contributed by atoms with Gasteiger partial charge in [0.2, 0.25) is 0 Å². The number of pyridine rings is 1. The summed E-state index contributed by atoms with van der Waals surface area (Å²) < 4.78 is 2.08. The van der Waals surface area contributed by atoms with E-state index in [1.165, 1.54) is 0 Å². The molecule has 1 aliphatic heterocycles. The van der Waals surface area contributed by atoms with Crippen LogP contribution in [0.25, 0.3) is 0 Å². The van der Waals surface area contributed by atoms with Gasteiger partial charge in [0.25, 0.3) is 5.91 Å². The van der Waals surface area contributed by atoms with Gasteiger partial charge in [0.05, 0.1) is 6.54 Å². The number of carbonyl (C=O) groups is 1. The highest BCUT2D eigenvalue weighted by Gasteiger charge is 2.23. The highest BCUT2D eigenvalue weighted by atomic mass is 16.2. The zero-order valence-corrected chi connectivity index (χ0v) is 12.3. The number of carbonyl (C=O) groups excluding carboxylic acids is 1. The molecule has 0 radical (unpaired) electrons. The van der Waals surface area contributed by atoms with E-state index in [-0.39, 0.29) is 11.9 Å². The normalized spacial score (nSPS) is 14.1. The molecule has 0 bridgehead atoms. The Bertz CT molecular complexity index is 649. The largest absolute Gasteiger partial charge is 0.368 e. The van der Waals surface area contributed by atoms with Crippen LogP contribution < -0.4 is 5.32 Å². The molecule has 110 valence electrons. The lowest BCUT2D eigenvalue weighted by atomic mass is 10.2. The second kappa shape index (κ2) is 5.55. The molecule has 1 aliphatic rings. The van der Waals surface area contributed by atoms with Crippen LogP contribution in [0, 0.1) is 0 Å². The Morgan fingerprint density at radius 1 is 1.33 bits per heavy atom. The number of nitrogens with one attached hydrogen (secondary N) is 1. The molecule has 0 saturated carbocycles. The Labute approximate surface area is 123 Å². The van der Waals surface area contributed by atoms with Gasteiger partial charge in [-0.15, -0.1) is 0 Å². The lowest BCUT2D eigenvalue weighted by Gasteiger charge is -2.27. The second-order valence-corrected chi connectivity index (χ2v) is 5.47. The molecule has 0 aliphatic carbocycles. The molecule has 0 aromatic carbocycles. The van der Waals surface area contributed by atoms with E-state index in [1.54, 1.807) is 17.2 Å². The van der Waals surface area contributed by atoms with Gasteiger partial charge in [-0.3, -0.25) is 4.79 Å². The number of rotatable bonds is 3. The summed E-state index contributed by atoms with van der Waals surface area (Å²) in [6.45, 7) is 6.09. The summed E-state index contributed by atoms with van der Waals surface area (Å²) in [5, 5.41) is 3.22. The van der Waals surface area contributed by atoms with Crippen molar-refractivity contribution in [1.29, 1.82) is 0 Å². The standard InChI is InChI=1S/C15H19N5O/c1-11(2)17-13-5-3-4-12(18-13)15(21)20-9-8-19-7-6-16-14(19)10-20/h3-7,11H,8-10H2,1-2H3,(H,17,18). The van der Waals surface area contributed by atoms with Crippen LogP contribution in [-0.2, 0) is 13.1 Å². The van der Waals surface area contributed by atoms with Crippen LogP contribution in [0.2, 0.25) is 0 Å². The van der Waals surface area contributed by atoms with E-state index in [1.807, 2.05) is 32.2 Å². The third-order valence-electron chi connectivity index (χ3n) is 3.44. The molecular formula is C15H19N5O. The van der Waals surface area contributed by atoms with Gasteiger partial charge >= 0.3 is 0 Å². The van der Waals surface area contributed by atoms with Crippen molar-refractivity contribution >= 4 is 11.7 Å². The highest BCUT2D eigenvalue weighted by Crippen LogP contribution is 2.14. The van der Waals surface area contributed by atoms with Gasteiger partial charge in [0.15, 0.2) is 0 Å². The van der Waals surface area contributed by atoms with Crippen LogP contribution >= 0.6 is 0 Å². The molecule has 2 aromatic heterocycles. The van der Waals surface area contributed by atoms with Gasteiger partial charge in [0, 0.05) is 31.5 Å². The first-order valence-corrected chi connectivity index (χ1v) is 7.16. The Balaban J connectivity index is 1.77. The fraction of sp³-hybridized carbons (Fsp3) is 0.400. The minimum absolute atomic E-state index is 0.0448. The monoisotopic (exact) mass is 285 g/mol. The molecule has 21 heavy (non-hydrogen) atoms. The maximum Gasteiger partial charge on any atom is 0.273 e. The third-order valence-corrected chi connectivity index (χ3v) is 3.44. The number of hydrogen-bond donors (Lipinski definition) is 1. The van der Waals surface area contributed by atoms with Crippen molar-refractivity contribution in [2.75, 3.05) is 11.9 Å². The van der Waals surface area contributed by atoms with Gasteiger partial charge in [-0.25, -0.2) is 9.97 Å². The Morgan fingerprint density at radius 2 is 2.19 bits per heavy atom. The number of anilines is 1. The number of hydrogen-bond acceptors (Lipinski definition) is 4. The highest BCUT2D eigenvalue weighted by molar-refractivity contribution is 5.92. The van der Waals surface area contributed by atoms with Crippen molar-refractivity contribution in [3.05, 3.63) is 42.1 Å². The quantitative estimate of drug-likeness (QED) is 0.933. The second-order valence-electron chi connectivity index (χ2n) is 5.47. The zero-order valence-electron chi connectivity index (χ0n) is 12.3. The first-order valence-electron chi connectivity index (χ1n) is 7.16. The smallest absolute Gasteiger partial charge is 0.273 e. The summed E-state index contributed by atoms with van der Waals surface area (Å²) in [6, 6.07) is 5.77. The van der Waals surface area contributed by atoms with Gasteiger partial charge in [0.1, 0.15) is 17.3 Å². The number of imidazole rings is 1. The molecule has 0 fully saturated rings. The van der Waals surface area contributed by atoms with Crippen molar-refractivity contribution in [2.45, 2.75) is 33.0 Å². The molecule has 6 heteroatoms. The predicted molar refractivity (Wildman–Crippen MR) is 80.0 cm³/mol. The lowest BCUT2D eigenvalue weighted by molar-refractivity contribution is 0.0701. The van der Waals surface area contributed by atoms with Crippen LogP contribution in [0.15, 0.2) is 30.6 Å². The number of nitrogens with zero attached hydrogens (tertiary/aromatic N) is 4. The van der Waals surface area contributed by atoms with Crippen molar-refractivity contribution in [3.63, 3.8) is 0 Å². The zero-order chi connectivity index (χ0) is 14.8. The van der Waals surface area contributed by atoms with Gasteiger partial charge in [-0.1, -0.05) is 6.07 Å². The minimum atomic E-state index is -0.0448. The number of aromatic nitrogens is 3. The third kappa shape index (κ3) is 2.89. The molecule has 0 spiro atoms. The molecule has 1 N–H and O–H groups in total. The van der Waals surface area contributed by atoms with Crippen LogP contribution in [-0.4, -0.2) is 37.9 Å². The fourth-order valence-corrected chi connectivity index (χ4v) is 2.44. The average Bonchev–Trinajstić information content (AvgIpc) is 2.93. The molecule has 3 heterocycles. The summed E-state index contributed by atoms with van der Waals surface area (Å²) in [7, 11) is 0. The van der Waals surface area contributed by atoms with E-state index < -0.39 is 0 Å². The summed E-state index contributed by atoms with van der Waals surface area (Å²) in [4.78, 5) is 23.0. The van der Waals surface area contributed by atoms with E-state index in [2.05, 4.69) is 19.9 Å². The molecule has 0 unspecified atom stereocenters. The lowest BCUT2D eigenvalue weighted by Crippen LogP contribution is -2.38. The molecule has 0 atom stereocenters. The Kier molecular flexibility index (Phi) is 3.60. The van der Waals surface area contributed by atoms with Crippen molar-refractivity contribution in [2.24, 2.45) is 0 Å². The number of amides is 1. The topological polar surface area (TPSA) is 63.1 Å². The van der Waals surface area contributed by atoms with Crippen LogP contribution in [0.3, 0.4) is 0 Å². The maximum atomic E-state index is 12.6. The Hall–Kier alpha value is -2.37. The molecule has 6 nitrogen and oxygen atoms in total. The SMILES string of the molecule is CC(C)Nc1cccc(C(=O)N2CCn3ccnc3C2)n1. The van der Waals surface area contributed by atoms with Crippen molar-refractivity contribution < 1.29 is 4.79 Å². The van der Waals surface area contributed by atoms with E-state index in [4.69, 9.17) is 0 Å². The molecule has 3 rings (SSSR count). The first kappa shape index (κ1) is 13.6. The van der Waals surface area contributed by atoms with Crippen molar-refractivity contribution in [1.82, 2.24) is 19.4 Å². The van der Waals surface area contributed by atoms with E-state index in [0.29, 0.717) is 18.8 Å². The summed E-state index contributed by atoms with van der Waals surface area (Å²) in [5.74, 6) is 1.61. The molecule has 0 saturated heterocycles. The van der Waals surface area contributed by atoms with Crippen LogP contribution in [0.5, 0.6) is 0 Å². The fourth-order valence-electron chi connectivity index (χ4n) is 2.44. The molecule has 1 amide bonds. The maximum absolute atomic E-state index is 12.6. The number of fused-ring (bicyclic) bond motifs is 1. The van der Waals surface area contributed by atoms with Crippen LogP contribution in [0.4, 0.5) is 5.82 Å². The van der Waals surface area contributed by atoms with Crippen LogP contribution in [0.1, 0.15) is 30.2 Å². The molecule has 2 aromatic rings. The minimum Gasteiger partial charge on any atom is -0.368 e. The predicted octanol–water partition coefficient (Wildman–Crippen LogP) is 1.75. The van der Waals surface area contributed by atoms with E-state index in [0.717, 1.165) is 18.2 Å². The van der Waals surface area contributed by atoms with Gasteiger partial charge in [-0.05, 0) is 26.0 Å². The van der Waals surface area contributed by atoms with E-state index in [9.17, 15) is 4.79 Å². The van der Waals surface area contributed by atoms with Crippen molar-refractivity contribution in [3.8, 4) is 0 Å². The van der Waals surface area contributed by atoms with Gasteiger partial charge < -0.3 is 14.8 Å². The summed E-state index contributed by atoms with van der Waals surface area (Å²) in [5.41, 5.74) is 0.473. The van der Waals surface area contributed by atoms with E-state index >= 15 is 0 Å².